The first-order chi connectivity index (χ1) is 12.5. The van der Waals surface area contributed by atoms with Crippen molar-refractivity contribution < 1.29 is 9.47 Å². The van der Waals surface area contributed by atoms with Crippen LogP contribution in [0, 0.1) is 13.8 Å². The van der Waals surface area contributed by atoms with Gasteiger partial charge in [-0.3, -0.25) is 4.99 Å². The lowest BCUT2D eigenvalue weighted by Crippen LogP contribution is -2.13. The van der Waals surface area contributed by atoms with Gasteiger partial charge in [-0.15, -0.1) is 0 Å². The molecule has 2 aromatic rings. The van der Waals surface area contributed by atoms with E-state index in [1.807, 2.05) is 36.2 Å². The van der Waals surface area contributed by atoms with Crippen LogP contribution in [0.3, 0.4) is 0 Å². The largest absolute Gasteiger partial charge is 0.493 e. The second kappa shape index (κ2) is 9.61. The van der Waals surface area contributed by atoms with Gasteiger partial charge in [0.05, 0.1) is 32.6 Å². The molecule has 0 heterocycles. The Labute approximate surface area is 156 Å². The Hall–Kier alpha value is -2.82. The second-order valence-corrected chi connectivity index (χ2v) is 6.16. The number of rotatable bonds is 8. The van der Waals surface area contributed by atoms with Crippen molar-refractivity contribution in [3.05, 3.63) is 53.1 Å². The van der Waals surface area contributed by atoms with Gasteiger partial charge >= 0.3 is 0 Å². The third-order valence-corrected chi connectivity index (χ3v) is 3.97. The molecule has 0 N–H and O–H groups in total. The van der Waals surface area contributed by atoms with Crippen LogP contribution in [-0.4, -0.2) is 45.4 Å². The van der Waals surface area contributed by atoms with Crippen LogP contribution in [0.5, 0.6) is 11.5 Å². The normalized spacial score (nSPS) is 11.3. The van der Waals surface area contributed by atoms with E-state index in [1.54, 1.807) is 26.9 Å². The van der Waals surface area contributed by atoms with E-state index in [1.165, 1.54) is 11.1 Å². The lowest BCUT2D eigenvalue weighted by Gasteiger charge is -2.09. The summed E-state index contributed by atoms with van der Waals surface area (Å²) in [6.07, 6.45) is 4.39. The quantitative estimate of drug-likeness (QED) is 0.528. The zero-order valence-corrected chi connectivity index (χ0v) is 16.2. The maximum Gasteiger partial charge on any atom is 0.160 e. The number of hydrogen-bond donors (Lipinski definition) is 0. The number of nitrogens with zero attached hydrogens (tertiary/aromatic N) is 3. The fraction of sp³-hybridized carbons (Fsp3) is 0.333. The molecule has 0 spiro atoms. The molecule has 26 heavy (non-hydrogen) atoms. The molecular formula is C21H27N3O2. The van der Waals surface area contributed by atoms with Crippen molar-refractivity contribution in [3.8, 4) is 11.5 Å². The van der Waals surface area contributed by atoms with Gasteiger partial charge in [0.15, 0.2) is 11.5 Å². The first-order valence-corrected chi connectivity index (χ1v) is 8.57. The average molecular weight is 353 g/mol. The number of methoxy groups -OCH3 is 2. The number of benzene rings is 2. The zero-order chi connectivity index (χ0) is 18.9. The number of hydrogen-bond acceptors (Lipinski definition) is 4. The maximum atomic E-state index is 5.32. The van der Waals surface area contributed by atoms with E-state index in [2.05, 4.69) is 36.0 Å². The van der Waals surface area contributed by atoms with E-state index in [4.69, 9.17) is 9.47 Å². The zero-order valence-electron chi connectivity index (χ0n) is 16.2. The average Bonchev–Trinajstić information content (AvgIpc) is 2.64. The van der Waals surface area contributed by atoms with Crippen molar-refractivity contribution >= 4 is 18.4 Å². The van der Waals surface area contributed by atoms with Crippen LogP contribution in [0.15, 0.2) is 46.4 Å². The van der Waals surface area contributed by atoms with Crippen molar-refractivity contribution in [1.29, 1.82) is 0 Å². The molecule has 0 aromatic heterocycles. The van der Waals surface area contributed by atoms with Gasteiger partial charge < -0.3 is 14.4 Å². The minimum absolute atomic E-state index is 0.692. The predicted octanol–water partition coefficient (Wildman–Crippen LogP) is 4.18. The fourth-order valence-corrected chi connectivity index (χ4v) is 2.55. The molecular weight excluding hydrogens is 326 g/mol. The topological polar surface area (TPSA) is 46.4 Å². The monoisotopic (exact) mass is 353 g/mol. The maximum absolute atomic E-state index is 5.32. The molecule has 0 saturated heterocycles. The molecule has 2 aromatic carbocycles. The van der Waals surface area contributed by atoms with E-state index in [0.29, 0.717) is 6.54 Å². The third-order valence-electron chi connectivity index (χ3n) is 3.97. The highest BCUT2D eigenvalue weighted by atomic mass is 16.5. The third kappa shape index (κ3) is 5.62. The molecule has 138 valence electrons. The van der Waals surface area contributed by atoms with E-state index in [0.717, 1.165) is 29.2 Å². The van der Waals surface area contributed by atoms with E-state index < -0.39 is 0 Å². The highest BCUT2D eigenvalue weighted by Crippen LogP contribution is 2.27. The molecule has 0 fully saturated rings. The lowest BCUT2D eigenvalue weighted by atomic mass is 10.1. The summed E-state index contributed by atoms with van der Waals surface area (Å²) in [4.78, 5) is 10.8. The Bertz CT molecular complexity index is 785. The Morgan fingerprint density at radius 2 is 1.73 bits per heavy atom. The van der Waals surface area contributed by atoms with Crippen molar-refractivity contribution in [1.82, 2.24) is 4.90 Å². The summed E-state index contributed by atoms with van der Waals surface area (Å²) in [6, 6.07) is 12.2. The van der Waals surface area contributed by atoms with Crippen LogP contribution < -0.4 is 9.47 Å². The summed E-state index contributed by atoms with van der Waals surface area (Å²) in [5.41, 5.74) is 4.54. The molecule has 0 unspecified atom stereocenters. The van der Waals surface area contributed by atoms with Crippen LogP contribution in [0.25, 0.3) is 0 Å². The molecule has 5 heteroatoms. The van der Waals surface area contributed by atoms with Crippen molar-refractivity contribution in [2.75, 3.05) is 27.8 Å². The predicted molar refractivity (Wildman–Crippen MR) is 108 cm³/mol. The summed E-state index contributed by atoms with van der Waals surface area (Å²) in [6.45, 7) is 4.84. The first-order valence-electron chi connectivity index (χ1n) is 8.57. The van der Waals surface area contributed by atoms with Crippen LogP contribution in [0.2, 0.25) is 0 Å². The molecule has 0 aliphatic carbocycles. The SMILES string of the molecule is COc1ccc(CCN=CN(C)C=Nc2ccc(C)cc2C)cc1OC. The number of aliphatic imine (C=N–C) groups is 2. The smallest absolute Gasteiger partial charge is 0.160 e. The Morgan fingerprint density at radius 3 is 2.42 bits per heavy atom. The van der Waals surface area contributed by atoms with E-state index >= 15 is 0 Å². The van der Waals surface area contributed by atoms with Gasteiger partial charge in [-0.2, -0.15) is 0 Å². The van der Waals surface area contributed by atoms with Crippen molar-refractivity contribution in [2.45, 2.75) is 20.3 Å². The highest BCUT2D eigenvalue weighted by molar-refractivity contribution is 5.77. The van der Waals surface area contributed by atoms with Crippen LogP contribution in [0.4, 0.5) is 5.69 Å². The molecule has 0 radical (unpaired) electrons. The number of ether oxygens (including phenoxy) is 2. The van der Waals surface area contributed by atoms with Crippen molar-refractivity contribution in [2.24, 2.45) is 9.98 Å². The molecule has 0 aliphatic heterocycles. The minimum Gasteiger partial charge on any atom is -0.493 e. The Balaban J connectivity index is 1.87. The second-order valence-electron chi connectivity index (χ2n) is 6.16. The molecule has 5 nitrogen and oxygen atoms in total. The van der Waals surface area contributed by atoms with Crippen LogP contribution >= 0.6 is 0 Å². The Kier molecular flexibility index (Phi) is 7.21. The molecule has 0 aliphatic rings. The fourth-order valence-electron chi connectivity index (χ4n) is 2.55. The Morgan fingerprint density at radius 1 is 0.962 bits per heavy atom. The van der Waals surface area contributed by atoms with Gasteiger partial charge in [-0.1, -0.05) is 23.8 Å². The molecule has 0 amide bonds. The molecule has 0 bridgehead atoms. The van der Waals surface area contributed by atoms with Crippen molar-refractivity contribution in [3.63, 3.8) is 0 Å². The van der Waals surface area contributed by atoms with Crippen LogP contribution in [-0.2, 0) is 6.42 Å². The first kappa shape index (κ1) is 19.5. The van der Waals surface area contributed by atoms with Gasteiger partial charge in [0.25, 0.3) is 0 Å². The van der Waals surface area contributed by atoms with E-state index in [-0.39, 0.29) is 0 Å². The van der Waals surface area contributed by atoms with Crippen LogP contribution in [0.1, 0.15) is 16.7 Å². The summed E-state index contributed by atoms with van der Waals surface area (Å²) in [5.74, 6) is 1.48. The van der Waals surface area contributed by atoms with E-state index in [9.17, 15) is 0 Å². The molecule has 0 atom stereocenters. The van der Waals surface area contributed by atoms with Gasteiger partial charge in [0.1, 0.15) is 0 Å². The lowest BCUT2D eigenvalue weighted by molar-refractivity contribution is 0.354. The summed E-state index contributed by atoms with van der Waals surface area (Å²) in [5, 5.41) is 0. The van der Waals surface area contributed by atoms with Gasteiger partial charge in [0, 0.05) is 13.6 Å². The minimum atomic E-state index is 0.692. The molecule has 2 rings (SSSR count). The van der Waals surface area contributed by atoms with Gasteiger partial charge in [0.2, 0.25) is 0 Å². The molecule has 0 saturated carbocycles. The number of aryl methyl sites for hydroxylation is 2. The highest BCUT2D eigenvalue weighted by Gasteiger charge is 2.03. The summed E-state index contributed by atoms with van der Waals surface area (Å²) >= 11 is 0. The standard InChI is InChI=1S/C21H27N3O2/c1-16-6-8-19(17(2)12-16)23-15-24(3)14-22-11-10-18-7-9-20(25-4)21(13-18)26-5/h6-9,12-15H,10-11H2,1-5H3. The summed E-state index contributed by atoms with van der Waals surface area (Å²) < 4.78 is 10.6. The van der Waals surface area contributed by atoms with Gasteiger partial charge in [-0.25, -0.2) is 4.99 Å². The summed E-state index contributed by atoms with van der Waals surface area (Å²) in [7, 11) is 5.20. The van der Waals surface area contributed by atoms with Gasteiger partial charge in [-0.05, 0) is 49.6 Å².